The zero-order chi connectivity index (χ0) is 12.7. The Morgan fingerprint density at radius 3 is 2.67 bits per heavy atom. The third kappa shape index (κ3) is 2.30. The van der Waals surface area contributed by atoms with Gasteiger partial charge in [0.1, 0.15) is 5.75 Å². The fraction of sp³-hybridized carbons (Fsp3) is 0.600. The number of hydrogen-bond acceptors (Lipinski definition) is 2. The Hall–Kier alpha value is -0.540. The van der Waals surface area contributed by atoms with Crippen molar-refractivity contribution in [3.63, 3.8) is 0 Å². The molecular formula is C15H19BrO2. The van der Waals surface area contributed by atoms with E-state index in [0.717, 1.165) is 27.6 Å². The first-order chi connectivity index (χ1) is 8.69. The van der Waals surface area contributed by atoms with Crippen molar-refractivity contribution in [3.8, 4) is 5.75 Å². The van der Waals surface area contributed by atoms with Crippen LogP contribution in [0.1, 0.15) is 37.9 Å². The fourth-order valence-electron chi connectivity index (χ4n) is 3.27. The topological polar surface area (TPSA) is 29.5 Å². The number of halogens is 1. The first kappa shape index (κ1) is 12.5. The van der Waals surface area contributed by atoms with E-state index in [4.69, 9.17) is 4.74 Å². The van der Waals surface area contributed by atoms with E-state index in [1.165, 1.54) is 19.3 Å². The van der Waals surface area contributed by atoms with Crippen LogP contribution in [0.3, 0.4) is 0 Å². The molecule has 2 saturated carbocycles. The van der Waals surface area contributed by atoms with Gasteiger partial charge < -0.3 is 9.84 Å². The molecule has 3 heteroatoms. The monoisotopic (exact) mass is 310 g/mol. The van der Waals surface area contributed by atoms with Gasteiger partial charge in [0.25, 0.3) is 0 Å². The molecule has 0 heterocycles. The average molecular weight is 311 g/mol. The molecule has 1 aromatic rings. The van der Waals surface area contributed by atoms with Crippen LogP contribution >= 0.6 is 15.9 Å². The van der Waals surface area contributed by atoms with Gasteiger partial charge in [0, 0.05) is 0 Å². The van der Waals surface area contributed by atoms with Crippen LogP contribution in [-0.4, -0.2) is 11.7 Å². The minimum Gasteiger partial charge on any atom is -0.493 e. The summed E-state index contributed by atoms with van der Waals surface area (Å²) in [5, 5.41) is 10.4. The molecule has 98 valence electrons. The number of fused-ring (bicyclic) bond motifs is 1. The minimum atomic E-state index is -0.315. The smallest absolute Gasteiger partial charge is 0.133 e. The van der Waals surface area contributed by atoms with Crippen LogP contribution in [0, 0.1) is 17.8 Å². The van der Waals surface area contributed by atoms with Gasteiger partial charge >= 0.3 is 0 Å². The van der Waals surface area contributed by atoms with Crippen LogP contribution in [0.15, 0.2) is 22.7 Å². The van der Waals surface area contributed by atoms with Crippen molar-refractivity contribution in [2.75, 3.05) is 6.61 Å². The fourth-order valence-corrected chi connectivity index (χ4v) is 3.78. The lowest BCUT2D eigenvalue weighted by Crippen LogP contribution is -2.11. The molecule has 1 N–H and O–H groups in total. The molecule has 0 aliphatic heterocycles. The molecule has 3 unspecified atom stereocenters. The van der Waals surface area contributed by atoms with Crippen molar-refractivity contribution in [1.82, 2.24) is 0 Å². The lowest BCUT2D eigenvalue weighted by atomic mass is 9.91. The second-order valence-corrected chi connectivity index (χ2v) is 6.41. The molecule has 0 bridgehead atoms. The maximum atomic E-state index is 10.4. The van der Waals surface area contributed by atoms with E-state index in [1.54, 1.807) is 0 Å². The van der Waals surface area contributed by atoms with E-state index in [1.807, 2.05) is 25.1 Å². The molecule has 0 amide bonds. The second kappa shape index (κ2) is 4.86. The summed E-state index contributed by atoms with van der Waals surface area (Å²) < 4.78 is 6.43. The van der Waals surface area contributed by atoms with Crippen LogP contribution < -0.4 is 4.74 Å². The molecule has 2 nitrogen and oxygen atoms in total. The van der Waals surface area contributed by atoms with Crippen LogP contribution in [-0.2, 0) is 0 Å². The Balaban J connectivity index is 1.73. The number of hydrogen-bond donors (Lipinski definition) is 1. The van der Waals surface area contributed by atoms with E-state index >= 15 is 0 Å². The van der Waals surface area contributed by atoms with E-state index < -0.39 is 0 Å². The Morgan fingerprint density at radius 1 is 1.33 bits per heavy atom. The van der Waals surface area contributed by atoms with Crippen molar-refractivity contribution in [1.29, 1.82) is 0 Å². The highest BCUT2D eigenvalue weighted by Gasteiger charge is 2.47. The Bertz CT molecular complexity index is 436. The lowest BCUT2D eigenvalue weighted by molar-refractivity contribution is 0.104. The third-order valence-corrected chi connectivity index (χ3v) is 4.94. The molecular weight excluding hydrogens is 292 g/mol. The molecule has 3 rings (SSSR count). The summed E-state index contributed by atoms with van der Waals surface area (Å²) >= 11 is 3.51. The first-order valence-electron chi connectivity index (χ1n) is 6.79. The van der Waals surface area contributed by atoms with Crippen molar-refractivity contribution >= 4 is 15.9 Å². The highest BCUT2D eigenvalue weighted by atomic mass is 79.9. The van der Waals surface area contributed by atoms with Gasteiger partial charge in [-0.15, -0.1) is 0 Å². The Morgan fingerprint density at radius 2 is 2.06 bits per heavy atom. The maximum Gasteiger partial charge on any atom is 0.133 e. The third-order valence-electron chi connectivity index (χ3n) is 4.32. The highest BCUT2D eigenvalue weighted by molar-refractivity contribution is 9.10. The number of ether oxygens (including phenoxy) is 1. The second-order valence-electron chi connectivity index (χ2n) is 5.56. The lowest BCUT2D eigenvalue weighted by Gasteiger charge is -2.20. The van der Waals surface area contributed by atoms with Gasteiger partial charge in [0.05, 0.1) is 17.2 Å². The predicted octanol–water partition coefficient (Wildman–Crippen LogP) is 3.93. The molecule has 18 heavy (non-hydrogen) atoms. The Labute approximate surface area is 116 Å². The number of aliphatic hydroxyl groups is 1. The minimum absolute atomic E-state index is 0.315. The zero-order valence-electron chi connectivity index (χ0n) is 10.6. The van der Waals surface area contributed by atoms with Crippen molar-refractivity contribution in [3.05, 3.63) is 28.2 Å². The van der Waals surface area contributed by atoms with Crippen molar-refractivity contribution in [2.45, 2.75) is 32.3 Å². The SMILES string of the molecule is CCOc1ccc(C(O)C2CC3CC3C2)cc1Br. The molecule has 0 saturated heterocycles. The van der Waals surface area contributed by atoms with Gasteiger partial charge in [0.2, 0.25) is 0 Å². The normalized spacial score (nSPS) is 30.9. The highest BCUT2D eigenvalue weighted by Crippen LogP contribution is 2.57. The van der Waals surface area contributed by atoms with E-state index in [2.05, 4.69) is 15.9 Å². The quantitative estimate of drug-likeness (QED) is 0.913. The maximum absolute atomic E-state index is 10.4. The Kier molecular flexibility index (Phi) is 3.37. The summed E-state index contributed by atoms with van der Waals surface area (Å²) in [4.78, 5) is 0. The van der Waals surface area contributed by atoms with Crippen LogP contribution in [0.2, 0.25) is 0 Å². The van der Waals surface area contributed by atoms with Crippen LogP contribution in [0.25, 0.3) is 0 Å². The molecule has 2 fully saturated rings. The first-order valence-corrected chi connectivity index (χ1v) is 7.58. The average Bonchev–Trinajstić information content (AvgIpc) is 2.98. The van der Waals surface area contributed by atoms with Gasteiger partial charge in [0.15, 0.2) is 0 Å². The van der Waals surface area contributed by atoms with Crippen molar-refractivity contribution < 1.29 is 9.84 Å². The summed E-state index contributed by atoms with van der Waals surface area (Å²) in [7, 11) is 0. The summed E-state index contributed by atoms with van der Waals surface area (Å²) in [6.07, 6.45) is 3.49. The summed E-state index contributed by atoms with van der Waals surface area (Å²) in [6.45, 7) is 2.63. The summed E-state index contributed by atoms with van der Waals surface area (Å²) in [5.41, 5.74) is 1.01. The van der Waals surface area contributed by atoms with Gasteiger partial charge in [-0.2, -0.15) is 0 Å². The van der Waals surface area contributed by atoms with Gasteiger partial charge in [-0.05, 0) is 77.6 Å². The predicted molar refractivity (Wildman–Crippen MR) is 74.6 cm³/mol. The number of aliphatic hydroxyl groups excluding tert-OH is 1. The standard InChI is InChI=1S/C15H19BrO2/c1-2-18-14-4-3-9(8-13(14)16)15(17)12-6-10-5-11(10)7-12/h3-4,8,10-12,15,17H,2,5-7H2,1H3. The molecule has 2 aliphatic rings. The van der Waals surface area contributed by atoms with Crippen LogP contribution in [0.4, 0.5) is 0 Å². The molecule has 0 radical (unpaired) electrons. The van der Waals surface area contributed by atoms with E-state index in [0.29, 0.717) is 12.5 Å². The van der Waals surface area contributed by atoms with Crippen LogP contribution in [0.5, 0.6) is 5.75 Å². The molecule has 0 aromatic heterocycles. The number of benzene rings is 1. The van der Waals surface area contributed by atoms with Gasteiger partial charge in [-0.25, -0.2) is 0 Å². The largest absolute Gasteiger partial charge is 0.493 e. The zero-order valence-corrected chi connectivity index (χ0v) is 12.2. The van der Waals surface area contributed by atoms with E-state index in [-0.39, 0.29) is 6.10 Å². The van der Waals surface area contributed by atoms with Gasteiger partial charge in [-0.3, -0.25) is 0 Å². The molecule has 2 aliphatic carbocycles. The number of rotatable bonds is 4. The molecule has 0 spiro atoms. The van der Waals surface area contributed by atoms with Crippen molar-refractivity contribution in [2.24, 2.45) is 17.8 Å². The van der Waals surface area contributed by atoms with E-state index in [9.17, 15) is 5.11 Å². The van der Waals surface area contributed by atoms with Gasteiger partial charge in [-0.1, -0.05) is 6.07 Å². The summed E-state index contributed by atoms with van der Waals surface area (Å²) in [6, 6.07) is 5.94. The molecule has 1 aromatic carbocycles. The summed E-state index contributed by atoms with van der Waals surface area (Å²) in [5.74, 6) is 3.13. The molecule has 3 atom stereocenters.